The van der Waals surface area contributed by atoms with E-state index in [1.54, 1.807) is 0 Å². The lowest BCUT2D eigenvalue weighted by Crippen LogP contribution is -2.28. The summed E-state index contributed by atoms with van der Waals surface area (Å²) in [4.78, 5) is 35.0. The zero-order chi connectivity index (χ0) is 38.0. The second kappa shape index (κ2) is 41.1. The third kappa shape index (κ3) is 40.1. The van der Waals surface area contributed by atoms with E-state index in [2.05, 4.69) is 67.8 Å². The number of unbranched alkanes of at least 4 members (excludes halogenated alkanes) is 20. The van der Waals surface area contributed by atoms with E-state index in [0.717, 1.165) is 89.9 Å². The topological polar surface area (TPSA) is 92.7 Å². The van der Waals surface area contributed by atoms with Crippen LogP contribution in [0.1, 0.15) is 213 Å². The Morgan fingerprint density at radius 3 is 1.48 bits per heavy atom. The lowest BCUT2D eigenvalue weighted by Gasteiger charge is -2.18. The van der Waals surface area contributed by atoms with E-state index in [9.17, 15) is 14.4 Å². The number of carboxylic acids is 1. The predicted octanol–water partition coefficient (Wildman–Crippen LogP) is 13.5. The summed E-state index contributed by atoms with van der Waals surface area (Å²) in [7, 11) is 0. The van der Waals surface area contributed by atoms with E-state index in [0.29, 0.717) is 12.8 Å². The molecular formula is C46H81NO5. The van der Waals surface area contributed by atoms with Gasteiger partial charge in [-0.15, -0.1) is 0 Å². The maximum absolute atomic E-state index is 12.7. The molecule has 0 heterocycles. The van der Waals surface area contributed by atoms with Gasteiger partial charge in [0.2, 0.25) is 5.91 Å². The van der Waals surface area contributed by atoms with Crippen molar-refractivity contribution in [1.29, 1.82) is 0 Å². The Kier molecular flexibility index (Phi) is 39.1. The molecule has 52 heavy (non-hydrogen) atoms. The van der Waals surface area contributed by atoms with Crippen LogP contribution < -0.4 is 5.32 Å². The number of allylic oxidation sites excluding steroid dienone is 8. The molecule has 0 fully saturated rings. The minimum absolute atomic E-state index is 0.0121. The van der Waals surface area contributed by atoms with Gasteiger partial charge in [-0.1, -0.05) is 152 Å². The Hall–Kier alpha value is -2.63. The van der Waals surface area contributed by atoms with Crippen LogP contribution in [0.2, 0.25) is 0 Å². The van der Waals surface area contributed by atoms with Crippen molar-refractivity contribution in [2.75, 3.05) is 6.54 Å². The third-order valence-corrected chi connectivity index (χ3v) is 9.47. The highest BCUT2D eigenvalue weighted by Gasteiger charge is 2.14. The zero-order valence-electron chi connectivity index (χ0n) is 33.9. The van der Waals surface area contributed by atoms with Crippen molar-refractivity contribution in [1.82, 2.24) is 5.32 Å². The molecule has 6 heteroatoms. The standard InChI is InChI=1S/C46H81NO5/c1-3-5-7-9-11-13-15-16-17-18-19-20-21-22-24-26-28-33-37-41-46(51)52-43(38-34-30-27-25-23-14-12-10-8-6-4-2)39-35-31-29-32-36-40-44(48)47-42-45(49)50/h11,13,16-17,19-20,25,27,43H,3-10,12,14-15,18,21-24,26,28-42H2,1-2H3,(H,47,48)(H,49,50)/b13-11-,17-16-,20-19-,27-25-. The molecule has 0 radical (unpaired) electrons. The fourth-order valence-electron chi connectivity index (χ4n) is 6.23. The molecule has 0 aromatic heterocycles. The van der Waals surface area contributed by atoms with Crippen molar-refractivity contribution in [2.45, 2.75) is 219 Å². The second-order valence-corrected chi connectivity index (χ2v) is 14.6. The van der Waals surface area contributed by atoms with Crippen LogP contribution in [0, 0.1) is 0 Å². The number of hydrogen-bond acceptors (Lipinski definition) is 4. The van der Waals surface area contributed by atoms with Crippen LogP contribution in [0.3, 0.4) is 0 Å². The minimum Gasteiger partial charge on any atom is -0.480 e. The molecule has 2 N–H and O–H groups in total. The molecule has 0 aromatic carbocycles. The summed E-state index contributed by atoms with van der Waals surface area (Å²) < 4.78 is 6.01. The second-order valence-electron chi connectivity index (χ2n) is 14.6. The quantitative estimate of drug-likeness (QED) is 0.0373. The summed E-state index contributed by atoms with van der Waals surface area (Å²) in [6.07, 6.45) is 52.3. The molecule has 0 saturated heterocycles. The fourth-order valence-corrected chi connectivity index (χ4v) is 6.23. The van der Waals surface area contributed by atoms with Gasteiger partial charge in [-0.2, -0.15) is 0 Å². The van der Waals surface area contributed by atoms with E-state index >= 15 is 0 Å². The van der Waals surface area contributed by atoms with Gasteiger partial charge >= 0.3 is 11.9 Å². The average Bonchev–Trinajstić information content (AvgIpc) is 3.13. The molecule has 1 unspecified atom stereocenters. The molecule has 0 rings (SSSR count). The van der Waals surface area contributed by atoms with Crippen LogP contribution in [0.25, 0.3) is 0 Å². The molecule has 0 aliphatic carbocycles. The number of nitrogens with one attached hydrogen (secondary N) is 1. The minimum atomic E-state index is -1.02. The number of ether oxygens (including phenoxy) is 1. The summed E-state index contributed by atoms with van der Waals surface area (Å²) >= 11 is 0. The molecule has 0 bridgehead atoms. The molecule has 6 nitrogen and oxygen atoms in total. The summed E-state index contributed by atoms with van der Waals surface area (Å²) in [5, 5.41) is 11.1. The molecule has 1 amide bonds. The lowest BCUT2D eigenvalue weighted by atomic mass is 10.0. The van der Waals surface area contributed by atoms with Gasteiger partial charge in [0, 0.05) is 12.8 Å². The molecule has 0 aliphatic rings. The van der Waals surface area contributed by atoms with E-state index in [-0.39, 0.29) is 24.5 Å². The first-order chi connectivity index (χ1) is 25.5. The van der Waals surface area contributed by atoms with Gasteiger partial charge in [0.05, 0.1) is 0 Å². The number of carboxylic acid groups (broad SMARTS) is 1. The van der Waals surface area contributed by atoms with Crippen LogP contribution in [0.15, 0.2) is 48.6 Å². The monoisotopic (exact) mass is 728 g/mol. The number of esters is 1. The normalized spacial score (nSPS) is 12.5. The highest BCUT2D eigenvalue weighted by atomic mass is 16.5. The highest BCUT2D eigenvalue weighted by molar-refractivity contribution is 5.80. The van der Waals surface area contributed by atoms with Crippen molar-refractivity contribution in [3.63, 3.8) is 0 Å². The maximum atomic E-state index is 12.7. The van der Waals surface area contributed by atoms with Crippen LogP contribution in [-0.4, -0.2) is 35.6 Å². The van der Waals surface area contributed by atoms with Gasteiger partial charge in [0.25, 0.3) is 0 Å². The molecule has 0 saturated carbocycles. The Balaban J connectivity index is 4.18. The molecule has 300 valence electrons. The summed E-state index contributed by atoms with van der Waals surface area (Å²) in [5.41, 5.74) is 0. The maximum Gasteiger partial charge on any atom is 0.322 e. The summed E-state index contributed by atoms with van der Waals surface area (Å²) in [6, 6.07) is 0. The SMILES string of the molecule is CCCCC/C=C\C/C=C\C/C=C\CCCCCCCCC(=O)OC(CCC/C=C\CCCCCCCC)CCCCCCCC(=O)NCC(=O)O. The van der Waals surface area contributed by atoms with Gasteiger partial charge in [0.1, 0.15) is 12.6 Å². The van der Waals surface area contributed by atoms with Crippen molar-refractivity contribution in [3.8, 4) is 0 Å². The average molecular weight is 728 g/mol. The van der Waals surface area contributed by atoms with Crippen molar-refractivity contribution >= 4 is 17.8 Å². The Labute approximate surface area is 320 Å². The van der Waals surface area contributed by atoms with E-state index < -0.39 is 5.97 Å². The highest BCUT2D eigenvalue weighted by Crippen LogP contribution is 2.18. The lowest BCUT2D eigenvalue weighted by molar-refractivity contribution is -0.150. The third-order valence-electron chi connectivity index (χ3n) is 9.47. The molecule has 0 aliphatic heterocycles. The number of carbonyl (C=O) groups excluding carboxylic acids is 2. The summed E-state index contributed by atoms with van der Waals surface area (Å²) in [5.74, 6) is -1.26. The van der Waals surface area contributed by atoms with Crippen LogP contribution >= 0.6 is 0 Å². The Morgan fingerprint density at radius 2 is 0.904 bits per heavy atom. The van der Waals surface area contributed by atoms with Gasteiger partial charge in [-0.25, -0.2) is 0 Å². The van der Waals surface area contributed by atoms with Gasteiger partial charge < -0.3 is 15.2 Å². The smallest absolute Gasteiger partial charge is 0.322 e. The largest absolute Gasteiger partial charge is 0.480 e. The number of aliphatic carboxylic acids is 1. The first-order valence-electron chi connectivity index (χ1n) is 21.8. The van der Waals surface area contributed by atoms with Gasteiger partial charge in [-0.05, 0) is 96.3 Å². The summed E-state index contributed by atoms with van der Waals surface area (Å²) in [6.45, 7) is 4.19. The van der Waals surface area contributed by atoms with Crippen molar-refractivity contribution in [2.24, 2.45) is 0 Å². The number of rotatable bonds is 39. The Bertz CT molecular complexity index is 937. The van der Waals surface area contributed by atoms with Crippen LogP contribution in [-0.2, 0) is 19.1 Å². The molecule has 0 aromatic rings. The number of hydrogen-bond donors (Lipinski definition) is 2. The fraction of sp³-hybridized carbons (Fsp3) is 0.761. The Morgan fingerprint density at radius 1 is 0.500 bits per heavy atom. The first kappa shape index (κ1) is 49.4. The molecule has 1 atom stereocenters. The van der Waals surface area contributed by atoms with Gasteiger partial charge in [0.15, 0.2) is 0 Å². The van der Waals surface area contributed by atoms with Crippen LogP contribution in [0.4, 0.5) is 0 Å². The van der Waals surface area contributed by atoms with E-state index in [1.807, 2.05) is 0 Å². The van der Waals surface area contributed by atoms with Crippen molar-refractivity contribution in [3.05, 3.63) is 48.6 Å². The molecular weight excluding hydrogens is 647 g/mol. The number of carbonyl (C=O) groups is 3. The van der Waals surface area contributed by atoms with E-state index in [4.69, 9.17) is 9.84 Å². The van der Waals surface area contributed by atoms with E-state index in [1.165, 1.54) is 96.3 Å². The predicted molar refractivity (Wildman–Crippen MR) is 222 cm³/mol. The molecule has 0 spiro atoms. The van der Waals surface area contributed by atoms with Crippen molar-refractivity contribution < 1.29 is 24.2 Å². The van der Waals surface area contributed by atoms with Gasteiger partial charge in [-0.3, -0.25) is 14.4 Å². The number of amides is 1. The van der Waals surface area contributed by atoms with Crippen LogP contribution in [0.5, 0.6) is 0 Å². The zero-order valence-corrected chi connectivity index (χ0v) is 33.9. The first-order valence-corrected chi connectivity index (χ1v) is 21.8.